The second kappa shape index (κ2) is 8.45. The quantitative estimate of drug-likeness (QED) is 0.688. The molecule has 3 aromatic rings. The lowest BCUT2D eigenvalue weighted by molar-refractivity contribution is -0.121. The second-order valence-electron chi connectivity index (χ2n) is 6.94. The third-order valence-electron chi connectivity index (χ3n) is 5.06. The number of hydrogen-bond acceptors (Lipinski definition) is 4. The number of aromatic amines is 1. The number of hydrogen-bond donors (Lipinski definition) is 2. The molecule has 4 rings (SSSR count). The lowest BCUT2D eigenvalue weighted by atomic mass is 9.95. The number of amides is 2. The third kappa shape index (κ3) is 4.30. The van der Waals surface area contributed by atoms with Crippen molar-refractivity contribution in [3.63, 3.8) is 0 Å². The highest BCUT2D eigenvalue weighted by Gasteiger charge is 2.29. The molecule has 1 aliphatic heterocycles. The van der Waals surface area contributed by atoms with Gasteiger partial charge in [0.2, 0.25) is 5.91 Å². The van der Waals surface area contributed by atoms with E-state index in [4.69, 9.17) is 11.6 Å². The number of benzene rings is 1. The zero-order chi connectivity index (χ0) is 20.2. The number of nitrogens with zero attached hydrogens (tertiary/aromatic N) is 3. The van der Waals surface area contributed by atoms with Crippen molar-refractivity contribution in [2.75, 3.05) is 18.4 Å². The van der Waals surface area contributed by atoms with Gasteiger partial charge in [0.25, 0.3) is 5.91 Å². The maximum absolute atomic E-state index is 13.0. The van der Waals surface area contributed by atoms with Crippen molar-refractivity contribution in [1.82, 2.24) is 20.1 Å². The van der Waals surface area contributed by atoms with Crippen LogP contribution in [0.4, 0.5) is 5.82 Å². The third-order valence-corrected chi connectivity index (χ3v) is 5.29. The Morgan fingerprint density at radius 3 is 2.52 bits per heavy atom. The summed E-state index contributed by atoms with van der Waals surface area (Å²) in [7, 11) is 0. The van der Waals surface area contributed by atoms with Crippen LogP contribution in [0.2, 0.25) is 5.02 Å². The molecule has 1 fully saturated rings. The summed E-state index contributed by atoms with van der Waals surface area (Å²) in [6.07, 6.45) is 4.26. The van der Waals surface area contributed by atoms with E-state index in [-0.39, 0.29) is 17.7 Å². The van der Waals surface area contributed by atoms with Gasteiger partial charge in [-0.2, -0.15) is 5.10 Å². The molecule has 8 heteroatoms. The van der Waals surface area contributed by atoms with Crippen LogP contribution in [-0.4, -0.2) is 45.0 Å². The van der Waals surface area contributed by atoms with Gasteiger partial charge in [-0.1, -0.05) is 41.9 Å². The Labute approximate surface area is 173 Å². The van der Waals surface area contributed by atoms with E-state index in [0.29, 0.717) is 48.0 Å². The number of nitrogens with one attached hydrogen (secondary N) is 2. The molecule has 29 heavy (non-hydrogen) atoms. The highest BCUT2D eigenvalue weighted by atomic mass is 35.5. The molecule has 1 aliphatic rings. The van der Waals surface area contributed by atoms with E-state index in [9.17, 15) is 9.59 Å². The average Bonchev–Trinajstić information content (AvgIpc) is 3.25. The predicted molar refractivity (Wildman–Crippen MR) is 111 cm³/mol. The molecule has 0 aliphatic carbocycles. The molecule has 0 saturated carbocycles. The molecule has 0 atom stereocenters. The smallest absolute Gasteiger partial charge is 0.257 e. The predicted octanol–water partition coefficient (Wildman–Crippen LogP) is 3.62. The van der Waals surface area contributed by atoms with Gasteiger partial charge in [-0.3, -0.25) is 14.7 Å². The van der Waals surface area contributed by atoms with Gasteiger partial charge < -0.3 is 10.2 Å². The summed E-state index contributed by atoms with van der Waals surface area (Å²) in [4.78, 5) is 31.4. The Kier molecular flexibility index (Phi) is 5.57. The highest BCUT2D eigenvalue weighted by Crippen LogP contribution is 2.25. The lowest BCUT2D eigenvalue weighted by Gasteiger charge is -2.31. The minimum Gasteiger partial charge on any atom is -0.338 e. The monoisotopic (exact) mass is 409 g/mol. The van der Waals surface area contributed by atoms with Gasteiger partial charge in [-0.25, -0.2) is 4.98 Å². The summed E-state index contributed by atoms with van der Waals surface area (Å²) in [5, 5.41) is 10.3. The van der Waals surface area contributed by atoms with Crippen molar-refractivity contribution >= 4 is 29.2 Å². The first kappa shape index (κ1) is 19.1. The van der Waals surface area contributed by atoms with Gasteiger partial charge in [0.15, 0.2) is 0 Å². The van der Waals surface area contributed by atoms with Gasteiger partial charge in [0, 0.05) is 30.8 Å². The van der Waals surface area contributed by atoms with Crippen LogP contribution in [0, 0.1) is 5.92 Å². The van der Waals surface area contributed by atoms with Gasteiger partial charge in [0.1, 0.15) is 5.82 Å². The number of halogens is 1. The Bertz CT molecular complexity index is 995. The van der Waals surface area contributed by atoms with Crippen LogP contribution in [-0.2, 0) is 4.79 Å². The molecule has 3 heterocycles. The van der Waals surface area contributed by atoms with Crippen LogP contribution in [0.1, 0.15) is 23.2 Å². The maximum Gasteiger partial charge on any atom is 0.257 e. The van der Waals surface area contributed by atoms with Crippen LogP contribution in [0.5, 0.6) is 0 Å². The lowest BCUT2D eigenvalue weighted by Crippen LogP contribution is -2.41. The number of likely N-dealkylation sites (tertiary alicyclic amines) is 1. The number of pyridine rings is 1. The van der Waals surface area contributed by atoms with Crippen molar-refractivity contribution in [3.8, 4) is 11.3 Å². The van der Waals surface area contributed by atoms with Gasteiger partial charge in [-0.15, -0.1) is 0 Å². The SMILES string of the molecule is O=C(Nc1ccc(Cl)cn1)C1CCN(C(=O)c2cn[nH]c2-c2ccccc2)CC1. The van der Waals surface area contributed by atoms with Crippen molar-refractivity contribution in [3.05, 3.63) is 65.4 Å². The minimum absolute atomic E-state index is 0.0733. The highest BCUT2D eigenvalue weighted by molar-refractivity contribution is 6.30. The Hall–Kier alpha value is -3.19. The van der Waals surface area contributed by atoms with E-state index in [1.165, 1.54) is 6.20 Å². The molecule has 2 aromatic heterocycles. The van der Waals surface area contributed by atoms with E-state index in [2.05, 4.69) is 20.5 Å². The van der Waals surface area contributed by atoms with Gasteiger partial charge in [-0.05, 0) is 25.0 Å². The maximum atomic E-state index is 13.0. The van der Waals surface area contributed by atoms with Crippen LogP contribution in [0.3, 0.4) is 0 Å². The summed E-state index contributed by atoms with van der Waals surface area (Å²) in [5.74, 6) is 0.161. The Morgan fingerprint density at radius 2 is 1.83 bits per heavy atom. The van der Waals surface area contributed by atoms with E-state index in [1.807, 2.05) is 30.3 Å². The molecule has 0 radical (unpaired) electrons. The fourth-order valence-corrected chi connectivity index (χ4v) is 3.58. The topological polar surface area (TPSA) is 91.0 Å². The van der Waals surface area contributed by atoms with Crippen LogP contribution in [0.25, 0.3) is 11.3 Å². The van der Waals surface area contributed by atoms with Crippen LogP contribution < -0.4 is 5.32 Å². The first-order valence-corrected chi connectivity index (χ1v) is 9.80. The number of carbonyl (C=O) groups excluding carboxylic acids is 2. The molecule has 2 N–H and O–H groups in total. The molecule has 7 nitrogen and oxygen atoms in total. The molecular formula is C21H20ClN5O2. The summed E-state index contributed by atoms with van der Waals surface area (Å²) in [5.41, 5.74) is 2.17. The fraction of sp³-hybridized carbons (Fsp3) is 0.238. The number of carbonyl (C=O) groups is 2. The first-order valence-electron chi connectivity index (χ1n) is 9.42. The number of H-pyrrole nitrogens is 1. The van der Waals surface area contributed by atoms with Crippen LogP contribution >= 0.6 is 11.6 Å². The largest absolute Gasteiger partial charge is 0.338 e. The number of piperidine rings is 1. The van der Waals surface area contributed by atoms with Crippen LogP contribution in [0.15, 0.2) is 54.9 Å². The van der Waals surface area contributed by atoms with E-state index >= 15 is 0 Å². The van der Waals surface area contributed by atoms with Crippen molar-refractivity contribution in [2.45, 2.75) is 12.8 Å². The standard InChI is InChI=1S/C21H20ClN5O2/c22-16-6-7-18(23-12-16)25-20(28)15-8-10-27(11-9-15)21(29)17-13-24-26-19(17)14-4-2-1-3-5-14/h1-7,12-13,15H,8-11H2,(H,24,26)(H,23,25,28). The van der Waals surface area contributed by atoms with Gasteiger partial charge in [0.05, 0.1) is 22.5 Å². The van der Waals surface area contributed by atoms with Crippen molar-refractivity contribution in [2.24, 2.45) is 5.92 Å². The van der Waals surface area contributed by atoms with E-state index in [0.717, 1.165) is 5.56 Å². The van der Waals surface area contributed by atoms with E-state index < -0.39 is 0 Å². The van der Waals surface area contributed by atoms with Crippen molar-refractivity contribution < 1.29 is 9.59 Å². The molecular weight excluding hydrogens is 390 g/mol. The molecule has 0 unspecified atom stereocenters. The molecule has 148 valence electrons. The van der Waals surface area contributed by atoms with Crippen molar-refractivity contribution in [1.29, 1.82) is 0 Å². The average molecular weight is 410 g/mol. The second-order valence-corrected chi connectivity index (χ2v) is 7.38. The summed E-state index contributed by atoms with van der Waals surface area (Å²) in [6, 6.07) is 13.0. The van der Waals surface area contributed by atoms with Gasteiger partial charge >= 0.3 is 0 Å². The zero-order valence-electron chi connectivity index (χ0n) is 15.6. The summed E-state index contributed by atoms with van der Waals surface area (Å²) in [6.45, 7) is 1.04. The number of rotatable bonds is 4. The first-order chi connectivity index (χ1) is 14.1. The molecule has 0 spiro atoms. The van der Waals surface area contributed by atoms with E-state index in [1.54, 1.807) is 23.2 Å². The zero-order valence-corrected chi connectivity index (χ0v) is 16.4. The summed E-state index contributed by atoms with van der Waals surface area (Å²) < 4.78 is 0. The molecule has 2 amide bonds. The Balaban J connectivity index is 1.37. The summed E-state index contributed by atoms with van der Waals surface area (Å²) >= 11 is 5.82. The minimum atomic E-state index is -0.158. The molecule has 1 aromatic carbocycles. The normalized spacial score (nSPS) is 14.6. The Morgan fingerprint density at radius 1 is 1.07 bits per heavy atom. The number of anilines is 1. The molecule has 0 bridgehead atoms. The number of aromatic nitrogens is 3. The molecule has 1 saturated heterocycles. The fourth-order valence-electron chi connectivity index (χ4n) is 3.47.